The zero-order chi connectivity index (χ0) is 10.1. The molecule has 0 spiro atoms. The summed E-state index contributed by atoms with van der Waals surface area (Å²) in [6, 6.07) is 0. The SMILES string of the molecule is CCCN(CCC)CCC(S)CC. The highest BCUT2D eigenvalue weighted by atomic mass is 32.1. The van der Waals surface area contributed by atoms with E-state index < -0.39 is 0 Å². The third-order valence-corrected chi connectivity index (χ3v) is 2.95. The lowest BCUT2D eigenvalue weighted by Crippen LogP contribution is -2.28. The van der Waals surface area contributed by atoms with Crippen molar-refractivity contribution in [3.05, 3.63) is 0 Å². The van der Waals surface area contributed by atoms with Crippen molar-refractivity contribution in [2.45, 2.75) is 51.7 Å². The number of thiol groups is 1. The van der Waals surface area contributed by atoms with Gasteiger partial charge in [0.05, 0.1) is 0 Å². The summed E-state index contributed by atoms with van der Waals surface area (Å²) in [5.74, 6) is 0. The van der Waals surface area contributed by atoms with Gasteiger partial charge in [-0.15, -0.1) is 0 Å². The Morgan fingerprint density at radius 2 is 1.54 bits per heavy atom. The van der Waals surface area contributed by atoms with Crippen molar-refractivity contribution in [1.82, 2.24) is 4.90 Å². The Balaban J connectivity index is 3.55. The maximum Gasteiger partial charge on any atom is 0.00263 e. The molecule has 0 amide bonds. The molecular formula is C11H25NS. The van der Waals surface area contributed by atoms with Gasteiger partial charge in [0.2, 0.25) is 0 Å². The molecule has 0 fully saturated rings. The average molecular weight is 203 g/mol. The maximum atomic E-state index is 4.51. The highest BCUT2D eigenvalue weighted by Crippen LogP contribution is 2.07. The minimum Gasteiger partial charge on any atom is -0.303 e. The van der Waals surface area contributed by atoms with E-state index in [0.717, 1.165) is 0 Å². The van der Waals surface area contributed by atoms with Crippen molar-refractivity contribution in [3.8, 4) is 0 Å². The molecule has 0 aromatic carbocycles. The van der Waals surface area contributed by atoms with Crippen molar-refractivity contribution < 1.29 is 0 Å². The maximum absolute atomic E-state index is 4.51. The van der Waals surface area contributed by atoms with Crippen LogP contribution in [0.5, 0.6) is 0 Å². The van der Waals surface area contributed by atoms with Gasteiger partial charge in [-0.05, 0) is 45.3 Å². The monoisotopic (exact) mass is 203 g/mol. The normalized spacial score (nSPS) is 13.6. The molecule has 13 heavy (non-hydrogen) atoms. The second kappa shape index (κ2) is 8.89. The Morgan fingerprint density at radius 3 is 1.92 bits per heavy atom. The van der Waals surface area contributed by atoms with Crippen LogP contribution in [0.4, 0.5) is 0 Å². The zero-order valence-electron chi connectivity index (χ0n) is 9.42. The molecule has 0 N–H and O–H groups in total. The largest absolute Gasteiger partial charge is 0.303 e. The van der Waals surface area contributed by atoms with Crippen LogP contribution in [-0.4, -0.2) is 29.8 Å². The van der Waals surface area contributed by atoms with Gasteiger partial charge in [0.15, 0.2) is 0 Å². The first-order valence-corrected chi connectivity index (χ1v) is 6.16. The first kappa shape index (κ1) is 13.3. The van der Waals surface area contributed by atoms with Gasteiger partial charge >= 0.3 is 0 Å². The molecule has 0 aromatic heterocycles. The first-order chi connectivity index (χ1) is 6.24. The fourth-order valence-electron chi connectivity index (χ4n) is 1.50. The van der Waals surface area contributed by atoms with E-state index in [-0.39, 0.29) is 0 Å². The van der Waals surface area contributed by atoms with Crippen LogP contribution >= 0.6 is 12.6 Å². The first-order valence-electron chi connectivity index (χ1n) is 5.64. The van der Waals surface area contributed by atoms with Crippen molar-refractivity contribution in [2.75, 3.05) is 19.6 Å². The Hall–Kier alpha value is 0.310. The summed E-state index contributed by atoms with van der Waals surface area (Å²) in [5, 5.41) is 0.594. The van der Waals surface area contributed by atoms with Gasteiger partial charge in [0, 0.05) is 5.25 Å². The van der Waals surface area contributed by atoms with Crippen LogP contribution in [0.15, 0.2) is 0 Å². The molecule has 1 nitrogen and oxygen atoms in total. The van der Waals surface area contributed by atoms with Crippen molar-refractivity contribution in [3.63, 3.8) is 0 Å². The highest BCUT2D eigenvalue weighted by molar-refractivity contribution is 7.80. The van der Waals surface area contributed by atoms with Crippen LogP contribution in [0.25, 0.3) is 0 Å². The summed E-state index contributed by atoms with van der Waals surface area (Å²) in [5.41, 5.74) is 0. The van der Waals surface area contributed by atoms with E-state index in [2.05, 4.69) is 38.3 Å². The van der Waals surface area contributed by atoms with E-state index >= 15 is 0 Å². The fourth-order valence-corrected chi connectivity index (χ4v) is 1.62. The Labute approximate surface area is 89.3 Å². The molecular weight excluding hydrogens is 178 g/mol. The quantitative estimate of drug-likeness (QED) is 0.593. The van der Waals surface area contributed by atoms with Gasteiger partial charge in [0.25, 0.3) is 0 Å². The highest BCUT2D eigenvalue weighted by Gasteiger charge is 2.05. The third kappa shape index (κ3) is 7.39. The molecule has 0 heterocycles. The van der Waals surface area contributed by atoms with Gasteiger partial charge in [-0.3, -0.25) is 0 Å². The van der Waals surface area contributed by atoms with E-state index in [9.17, 15) is 0 Å². The number of nitrogens with zero attached hydrogens (tertiary/aromatic N) is 1. The lowest BCUT2D eigenvalue weighted by atomic mass is 10.2. The van der Waals surface area contributed by atoms with Crippen LogP contribution in [0, 0.1) is 0 Å². The van der Waals surface area contributed by atoms with Crippen molar-refractivity contribution in [1.29, 1.82) is 0 Å². The van der Waals surface area contributed by atoms with Crippen LogP contribution in [0.3, 0.4) is 0 Å². The zero-order valence-corrected chi connectivity index (χ0v) is 10.3. The van der Waals surface area contributed by atoms with Crippen LogP contribution < -0.4 is 0 Å². The standard InChI is InChI=1S/C11H25NS/c1-4-8-12(9-5-2)10-7-11(13)6-3/h11,13H,4-10H2,1-3H3. The second-order valence-electron chi connectivity index (χ2n) is 3.69. The van der Waals surface area contributed by atoms with Crippen LogP contribution in [0.2, 0.25) is 0 Å². The van der Waals surface area contributed by atoms with E-state index in [0.29, 0.717) is 5.25 Å². The Kier molecular flexibility index (Phi) is 9.10. The Morgan fingerprint density at radius 1 is 1.00 bits per heavy atom. The molecule has 1 atom stereocenters. The molecule has 0 radical (unpaired) electrons. The molecule has 0 saturated carbocycles. The van der Waals surface area contributed by atoms with Gasteiger partial charge in [0.1, 0.15) is 0 Å². The van der Waals surface area contributed by atoms with Gasteiger partial charge < -0.3 is 4.90 Å². The average Bonchev–Trinajstić information content (AvgIpc) is 2.14. The predicted molar refractivity (Wildman–Crippen MR) is 64.7 cm³/mol. The van der Waals surface area contributed by atoms with E-state index in [1.54, 1.807) is 0 Å². The summed E-state index contributed by atoms with van der Waals surface area (Å²) in [4.78, 5) is 2.55. The third-order valence-electron chi connectivity index (χ3n) is 2.33. The lowest BCUT2D eigenvalue weighted by Gasteiger charge is -2.22. The molecule has 0 rings (SSSR count). The molecule has 0 bridgehead atoms. The molecule has 1 unspecified atom stereocenters. The lowest BCUT2D eigenvalue weighted by molar-refractivity contribution is 0.270. The van der Waals surface area contributed by atoms with Gasteiger partial charge in [-0.2, -0.15) is 12.6 Å². The van der Waals surface area contributed by atoms with Crippen molar-refractivity contribution in [2.24, 2.45) is 0 Å². The number of hydrogen-bond acceptors (Lipinski definition) is 2. The van der Waals surface area contributed by atoms with Gasteiger partial charge in [-0.25, -0.2) is 0 Å². The molecule has 0 saturated heterocycles. The fraction of sp³-hybridized carbons (Fsp3) is 1.00. The molecule has 0 aliphatic carbocycles. The van der Waals surface area contributed by atoms with Crippen molar-refractivity contribution >= 4 is 12.6 Å². The minimum atomic E-state index is 0.594. The van der Waals surface area contributed by atoms with Crippen LogP contribution in [0.1, 0.15) is 46.5 Å². The minimum absolute atomic E-state index is 0.594. The second-order valence-corrected chi connectivity index (χ2v) is 4.42. The Bertz CT molecular complexity index is 100. The summed E-state index contributed by atoms with van der Waals surface area (Å²) in [7, 11) is 0. The van der Waals surface area contributed by atoms with E-state index in [1.807, 2.05) is 0 Å². The van der Waals surface area contributed by atoms with E-state index in [4.69, 9.17) is 0 Å². The molecule has 80 valence electrons. The summed E-state index contributed by atoms with van der Waals surface area (Å²) in [6.45, 7) is 10.4. The van der Waals surface area contributed by atoms with E-state index in [1.165, 1.54) is 45.3 Å². The summed E-state index contributed by atoms with van der Waals surface area (Å²) < 4.78 is 0. The molecule has 0 aliphatic heterocycles. The molecule has 0 aromatic rings. The predicted octanol–water partition coefficient (Wildman–Crippen LogP) is 3.21. The van der Waals surface area contributed by atoms with Gasteiger partial charge in [-0.1, -0.05) is 20.8 Å². The molecule has 2 heteroatoms. The number of hydrogen-bond donors (Lipinski definition) is 1. The number of rotatable bonds is 8. The smallest absolute Gasteiger partial charge is 0.00263 e. The topological polar surface area (TPSA) is 3.24 Å². The van der Waals surface area contributed by atoms with Crippen LogP contribution in [-0.2, 0) is 0 Å². The molecule has 0 aliphatic rings. The summed E-state index contributed by atoms with van der Waals surface area (Å²) in [6.07, 6.45) is 4.96. The summed E-state index contributed by atoms with van der Waals surface area (Å²) >= 11 is 4.51.